The maximum absolute atomic E-state index is 15.3. The molecule has 0 atom stereocenters. The molecule has 0 aromatic heterocycles. The van der Waals surface area contributed by atoms with Crippen LogP contribution < -0.4 is 9.64 Å². The van der Waals surface area contributed by atoms with Crippen LogP contribution in [0.15, 0.2) is 54.6 Å². The summed E-state index contributed by atoms with van der Waals surface area (Å²) in [6, 6.07) is 6.13. The predicted molar refractivity (Wildman–Crippen MR) is 132 cm³/mol. The summed E-state index contributed by atoms with van der Waals surface area (Å²) in [6.45, 7) is -1.73. The smallest absolute Gasteiger partial charge is 0.416 e. The van der Waals surface area contributed by atoms with Crippen molar-refractivity contribution in [1.82, 2.24) is 9.80 Å². The Morgan fingerprint density at radius 1 is 0.905 bits per heavy atom. The SMILES string of the molecule is COC(=O)C(=O)N1CN(C(=O)c2c(F)cccc2F)C(=O)N(c2ccc(Oc3ccc(C(F)(F)F)cc3Cl)cc2F)C1. The molecule has 42 heavy (non-hydrogen) atoms. The number of imide groups is 1. The monoisotopic (exact) mass is 615 g/mol. The Kier molecular flexibility index (Phi) is 8.33. The number of carbonyl (C=O) groups excluding carboxylic acids is 4. The molecule has 16 heteroatoms. The number of hydrogen-bond acceptors (Lipinski definition) is 6. The molecule has 3 aromatic carbocycles. The summed E-state index contributed by atoms with van der Waals surface area (Å²) in [5.74, 6) is -8.68. The zero-order valence-corrected chi connectivity index (χ0v) is 21.8. The van der Waals surface area contributed by atoms with E-state index in [4.69, 9.17) is 16.3 Å². The molecule has 0 N–H and O–H groups in total. The molecule has 1 aliphatic heterocycles. The number of halogens is 7. The Balaban J connectivity index is 1.67. The summed E-state index contributed by atoms with van der Waals surface area (Å²) in [5, 5.41) is -0.438. The van der Waals surface area contributed by atoms with Crippen LogP contribution >= 0.6 is 11.6 Å². The molecular formula is C26H16ClF6N3O6. The van der Waals surface area contributed by atoms with Crippen LogP contribution in [0.25, 0.3) is 0 Å². The van der Waals surface area contributed by atoms with Crippen LogP contribution in [0.2, 0.25) is 5.02 Å². The predicted octanol–water partition coefficient (Wildman–Crippen LogP) is 5.57. The number of nitrogens with zero attached hydrogens (tertiary/aromatic N) is 3. The number of rotatable bonds is 4. The normalized spacial score (nSPS) is 13.7. The summed E-state index contributed by atoms with van der Waals surface area (Å²) >= 11 is 5.86. The first-order valence-corrected chi connectivity index (χ1v) is 11.9. The first kappa shape index (κ1) is 30.2. The molecule has 1 saturated heterocycles. The largest absolute Gasteiger partial charge is 0.462 e. The van der Waals surface area contributed by atoms with Gasteiger partial charge in [0.15, 0.2) is 5.82 Å². The highest BCUT2D eigenvalue weighted by molar-refractivity contribution is 6.33. The molecule has 1 fully saturated rings. The Labute approximate surface area is 237 Å². The molecule has 9 nitrogen and oxygen atoms in total. The third-order valence-corrected chi connectivity index (χ3v) is 6.15. The number of anilines is 1. The van der Waals surface area contributed by atoms with E-state index in [1.807, 2.05) is 0 Å². The molecule has 0 saturated carbocycles. The van der Waals surface area contributed by atoms with Crippen molar-refractivity contribution in [3.05, 3.63) is 88.2 Å². The lowest BCUT2D eigenvalue weighted by Gasteiger charge is -2.40. The molecule has 0 spiro atoms. The lowest BCUT2D eigenvalue weighted by molar-refractivity contribution is -0.159. The van der Waals surface area contributed by atoms with Gasteiger partial charge in [0.05, 0.1) is 23.4 Å². The highest BCUT2D eigenvalue weighted by Crippen LogP contribution is 2.37. The summed E-state index contributed by atoms with van der Waals surface area (Å²) < 4.78 is 92.4. The third kappa shape index (κ3) is 5.95. The van der Waals surface area contributed by atoms with Gasteiger partial charge in [0.25, 0.3) is 5.91 Å². The van der Waals surface area contributed by atoms with E-state index in [9.17, 15) is 41.1 Å². The van der Waals surface area contributed by atoms with Crippen molar-refractivity contribution >= 4 is 41.1 Å². The van der Waals surface area contributed by atoms with Gasteiger partial charge in [-0.15, -0.1) is 0 Å². The minimum Gasteiger partial charge on any atom is -0.462 e. The van der Waals surface area contributed by atoms with Crippen LogP contribution in [0.1, 0.15) is 15.9 Å². The molecule has 0 aliphatic carbocycles. The van der Waals surface area contributed by atoms with Crippen molar-refractivity contribution in [2.45, 2.75) is 6.18 Å². The number of esters is 1. The van der Waals surface area contributed by atoms with E-state index in [2.05, 4.69) is 4.74 Å². The summed E-state index contributed by atoms with van der Waals surface area (Å²) in [4.78, 5) is 52.1. The first-order valence-electron chi connectivity index (χ1n) is 11.5. The quantitative estimate of drug-likeness (QED) is 0.216. The summed E-state index contributed by atoms with van der Waals surface area (Å²) in [6.07, 6.45) is -4.67. The number of alkyl halides is 3. The maximum Gasteiger partial charge on any atom is 0.416 e. The molecule has 0 unspecified atom stereocenters. The van der Waals surface area contributed by atoms with Crippen molar-refractivity contribution in [3.63, 3.8) is 0 Å². The van der Waals surface area contributed by atoms with Gasteiger partial charge in [0.2, 0.25) is 0 Å². The number of ether oxygens (including phenoxy) is 2. The van der Waals surface area contributed by atoms with Gasteiger partial charge in [-0.3, -0.25) is 19.4 Å². The van der Waals surface area contributed by atoms with Gasteiger partial charge in [-0.1, -0.05) is 17.7 Å². The average Bonchev–Trinajstić information content (AvgIpc) is 2.93. The minimum absolute atomic E-state index is 0.220. The molecule has 3 aromatic rings. The molecule has 0 bridgehead atoms. The van der Waals surface area contributed by atoms with Crippen LogP contribution in [0.3, 0.4) is 0 Å². The van der Waals surface area contributed by atoms with Crippen molar-refractivity contribution < 1.29 is 55.0 Å². The second kappa shape index (κ2) is 11.6. The zero-order valence-electron chi connectivity index (χ0n) is 21.0. The van der Waals surface area contributed by atoms with Crippen molar-refractivity contribution in [2.24, 2.45) is 0 Å². The van der Waals surface area contributed by atoms with E-state index in [1.54, 1.807) is 0 Å². The summed E-state index contributed by atoms with van der Waals surface area (Å²) in [5.41, 5.74) is -2.76. The number of hydrogen-bond donors (Lipinski definition) is 0. The fourth-order valence-corrected chi connectivity index (χ4v) is 4.04. The summed E-state index contributed by atoms with van der Waals surface area (Å²) in [7, 11) is 0.881. The average molecular weight is 616 g/mol. The van der Waals surface area contributed by atoms with Gasteiger partial charge >= 0.3 is 24.1 Å². The Morgan fingerprint density at radius 2 is 1.57 bits per heavy atom. The lowest BCUT2D eigenvalue weighted by atomic mass is 10.1. The zero-order chi connectivity index (χ0) is 30.9. The van der Waals surface area contributed by atoms with Gasteiger partial charge in [0, 0.05) is 6.07 Å². The standard InChI is InChI=1S/C26H16ClF6N3O6/c1-41-24(39)23(38)34-11-35(25(40)36(12-34)22(37)21-16(28)3-2-4-17(21)29)19-7-6-14(10-18(19)30)42-20-8-5-13(9-15(20)27)26(31,32)33/h2-10H,11-12H2,1H3. The number of carbonyl (C=O) groups is 4. The Morgan fingerprint density at radius 3 is 2.14 bits per heavy atom. The first-order chi connectivity index (χ1) is 19.7. The van der Waals surface area contributed by atoms with E-state index in [0.717, 1.165) is 49.6 Å². The molecule has 1 aliphatic rings. The van der Waals surface area contributed by atoms with Crippen LogP contribution in [-0.4, -0.2) is 54.1 Å². The Bertz CT molecular complexity index is 1580. The lowest BCUT2D eigenvalue weighted by Crippen LogP contribution is -2.62. The second-order valence-electron chi connectivity index (χ2n) is 8.52. The molecule has 4 amide bonds. The van der Waals surface area contributed by atoms with Gasteiger partial charge in [-0.2, -0.15) is 13.2 Å². The molecule has 0 radical (unpaired) electrons. The van der Waals surface area contributed by atoms with E-state index in [1.165, 1.54) is 0 Å². The number of methoxy groups -OCH3 is 1. The van der Waals surface area contributed by atoms with E-state index >= 15 is 4.39 Å². The van der Waals surface area contributed by atoms with E-state index in [-0.39, 0.29) is 16.4 Å². The fourth-order valence-electron chi connectivity index (χ4n) is 3.82. The highest BCUT2D eigenvalue weighted by Gasteiger charge is 2.41. The van der Waals surface area contributed by atoms with Gasteiger partial charge < -0.3 is 9.47 Å². The van der Waals surface area contributed by atoms with E-state index in [0.29, 0.717) is 21.9 Å². The molecule has 1 heterocycles. The number of urea groups is 1. The second-order valence-corrected chi connectivity index (χ2v) is 8.93. The van der Waals surface area contributed by atoms with Crippen molar-refractivity contribution in [1.29, 1.82) is 0 Å². The van der Waals surface area contributed by atoms with Crippen LogP contribution in [0, 0.1) is 17.5 Å². The number of amides is 4. The highest BCUT2D eigenvalue weighted by atomic mass is 35.5. The maximum atomic E-state index is 15.3. The third-order valence-electron chi connectivity index (χ3n) is 5.85. The van der Waals surface area contributed by atoms with Gasteiger partial charge in [-0.05, 0) is 42.5 Å². The fraction of sp³-hybridized carbons (Fsp3) is 0.154. The van der Waals surface area contributed by atoms with E-state index < -0.39 is 82.6 Å². The minimum atomic E-state index is -4.67. The topological polar surface area (TPSA) is 96.5 Å². The van der Waals surface area contributed by atoms with Crippen LogP contribution in [-0.2, 0) is 20.5 Å². The molecule has 220 valence electrons. The van der Waals surface area contributed by atoms with Gasteiger partial charge in [0.1, 0.15) is 42.0 Å². The van der Waals surface area contributed by atoms with Crippen molar-refractivity contribution in [3.8, 4) is 11.5 Å². The Hall–Kier alpha value is -4.79. The molecular weight excluding hydrogens is 600 g/mol. The van der Waals surface area contributed by atoms with Crippen molar-refractivity contribution in [2.75, 3.05) is 25.3 Å². The van der Waals surface area contributed by atoms with Gasteiger partial charge in [-0.25, -0.2) is 27.7 Å². The van der Waals surface area contributed by atoms with Crippen LogP contribution in [0.5, 0.6) is 11.5 Å². The molecule has 4 rings (SSSR count). The number of benzene rings is 3. The van der Waals surface area contributed by atoms with Crippen LogP contribution in [0.4, 0.5) is 36.8 Å².